The van der Waals surface area contributed by atoms with E-state index in [0.717, 1.165) is 57.2 Å². The summed E-state index contributed by atoms with van der Waals surface area (Å²) in [5.41, 5.74) is 1.22. The summed E-state index contributed by atoms with van der Waals surface area (Å²) in [5.74, 6) is 4.34. The van der Waals surface area contributed by atoms with Crippen LogP contribution in [0.5, 0.6) is 5.75 Å². The number of hydrogen-bond donors (Lipinski definition) is 2. The van der Waals surface area contributed by atoms with E-state index in [9.17, 15) is 4.79 Å². The lowest BCUT2D eigenvalue weighted by molar-refractivity contribution is -0.127. The van der Waals surface area contributed by atoms with Crippen LogP contribution in [0.25, 0.3) is 0 Å². The number of amides is 1. The highest BCUT2D eigenvalue weighted by molar-refractivity contribution is 14.0. The first-order valence-electron chi connectivity index (χ1n) is 9.68. The van der Waals surface area contributed by atoms with Crippen molar-refractivity contribution in [3.05, 3.63) is 29.8 Å². The maximum absolute atomic E-state index is 11.6. The molecule has 0 unspecified atom stereocenters. The Kier molecular flexibility index (Phi) is 12.1. The van der Waals surface area contributed by atoms with Gasteiger partial charge in [-0.15, -0.1) is 30.4 Å². The van der Waals surface area contributed by atoms with Crippen molar-refractivity contribution >= 4 is 35.8 Å². The minimum atomic E-state index is 0. The second kappa shape index (κ2) is 14.1. The van der Waals surface area contributed by atoms with Crippen LogP contribution in [0.3, 0.4) is 0 Å². The smallest absolute Gasteiger partial charge is 0.222 e. The SMILES string of the molecule is C#CCOc1ccc(CCNC(=NCCCN2CCCC2=O)NCC)cc1.I. The van der Waals surface area contributed by atoms with Gasteiger partial charge in [0.2, 0.25) is 5.91 Å². The van der Waals surface area contributed by atoms with Gasteiger partial charge in [0.25, 0.3) is 0 Å². The van der Waals surface area contributed by atoms with Gasteiger partial charge in [-0.1, -0.05) is 18.1 Å². The number of benzene rings is 1. The zero-order chi connectivity index (χ0) is 19.3. The Hall–Kier alpha value is -1.95. The van der Waals surface area contributed by atoms with Crippen molar-refractivity contribution < 1.29 is 9.53 Å². The third-order valence-electron chi connectivity index (χ3n) is 4.32. The Morgan fingerprint density at radius 1 is 1.32 bits per heavy atom. The number of carbonyl (C=O) groups is 1. The van der Waals surface area contributed by atoms with Gasteiger partial charge < -0.3 is 20.3 Å². The Balaban J connectivity index is 0.00000392. The number of halogens is 1. The molecule has 154 valence electrons. The maximum atomic E-state index is 11.6. The molecular weight excluding hydrogens is 467 g/mol. The van der Waals surface area contributed by atoms with Gasteiger partial charge in [-0.25, -0.2) is 0 Å². The summed E-state index contributed by atoms with van der Waals surface area (Å²) in [6.07, 6.45) is 8.66. The molecule has 0 aromatic heterocycles. The van der Waals surface area contributed by atoms with Gasteiger partial charge in [-0.3, -0.25) is 9.79 Å². The molecule has 0 saturated carbocycles. The van der Waals surface area contributed by atoms with Crippen molar-refractivity contribution in [1.82, 2.24) is 15.5 Å². The Morgan fingerprint density at radius 3 is 2.75 bits per heavy atom. The average Bonchev–Trinajstić information content (AvgIpc) is 3.09. The fourth-order valence-corrected chi connectivity index (χ4v) is 2.94. The first-order chi connectivity index (χ1) is 13.2. The van der Waals surface area contributed by atoms with Gasteiger partial charge in [-0.05, 0) is 43.9 Å². The summed E-state index contributed by atoms with van der Waals surface area (Å²) in [7, 11) is 0. The number of aliphatic imine (C=N–C) groups is 1. The highest BCUT2D eigenvalue weighted by atomic mass is 127. The summed E-state index contributed by atoms with van der Waals surface area (Å²) in [6.45, 7) is 6.35. The third kappa shape index (κ3) is 8.83. The van der Waals surface area contributed by atoms with Crippen LogP contribution in [-0.4, -0.2) is 56.1 Å². The molecule has 0 radical (unpaired) electrons. The number of guanidine groups is 1. The Labute approximate surface area is 185 Å². The van der Waals surface area contributed by atoms with E-state index in [1.165, 1.54) is 5.56 Å². The quantitative estimate of drug-likeness (QED) is 0.171. The number of likely N-dealkylation sites (tertiary alicyclic amines) is 1. The van der Waals surface area contributed by atoms with Gasteiger partial charge in [0.05, 0.1) is 0 Å². The molecule has 2 N–H and O–H groups in total. The van der Waals surface area contributed by atoms with Gasteiger partial charge in [0.15, 0.2) is 5.96 Å². The second-order valence-corrected chi connectivity index (χ2v) is 6.41. The molecule has 0 bridgehead atoms. The van der Waals surface area contributed by atoms with Crippen LogP contribution in [0, 0.1) is 12.3 Å². The predicted molar refractivity (Wildman–Crippen MR) is 124 cm³/mol. The first-order valence-corrected chi connectivity index (χ1v) is 9.68. The highest BCUT2D eigenvalue weighted by Gasteiger charge is 2.18. The minimum Gasteiger partial charge on any atom is -0.481 e. The lowest BCUT2D eigenvalue weighted by Crippen LogP contribution is -2.38. The molecule has 1 aromatic carbocycles. The molecule has 28 heavy (non-hydrogen) atoms. The summed E-state index contributed by atoms with van der Waals surface area (Å²) in [5, 5.41) is 6.61. The molecule has 0 aliphatic carbocycles. The van der Waals surface area contributed by atoms with E-state index in [4.69, 9.17) is 11.2 Å². The molecular formula is C21H31IN4O2. The molecule has 6 nitrogen and oxygen atoms in total. The molecule has 0 spiro atoms. The van der Waals surface area contributed by atoms with E-state index in [-0.39, 0.29) is 36.5 Å². The molecule has 1 fully saturated rings. The van der Waals surface area contributed by atoms with Crippen LogP contribution in [0.15, 0.2) is 29.3 Å². The number of ether oxygens (including phenoxy) is 1. The van der Waals surface area contributed by atoms with Gasteiger partial charge in [0, 0.05) is 39.1 Å². The molecule has 7 heteroatoms. The Morgan fingerprint density at radius 2 is 2.11 bits per heavy atom. The third-order valence-corrected chi connectivity index (χ3v) is 4.32. The van der Waals surface area contributed by atoms with Gasteiger partial charge in [0.1, 0.15) is 12.4 Å². The van der Waals surface area contributed by atoms with Gasteiger partial charge >= 0.3 is 0 Å². The lowest BCUT2D eigenvalue weighted by atomic mass is 10.1. The molecule has 1 heterocycles. The standard InChI is InChI=1S/C21H30N4O2.HI/c1-3-17-27-19-10-8-18(9-11-19)12-14-24-21(22-4-2)23-13-6-16-25-15-5-7-20(25)26;/h1,8-11H,4-7,12-17H2,2H3,(H2,22,23,24);1H. The maximum Gasteiger partial charge on any atom is 0.222 e. The fourth-order valence-electron chi connectivity index (χ4n) is 2.94. The van der Waals surface area contributed by atoms with E-state index in [1.54, 1.807) is 0 Å². The number of nitrogens with one attached hydrogen (secondary N) is 2. The first kappa shape index (κ1) is 24.1. The number of terminal acetylenes is 1. The minimum absolute atomic E-state index is 0. The monoisotopic (exact) mass is 498 g/mol. The molecule has 1 aliphatic rings. The van der Waals surface area contributed by atoms with Crippen molar-refractivity contribution in [2.24, 2.45) is 4.99 Å². The number of carbonyl (C=O) groups excluding carboxylic acids is 1. The van der Waals surface area contributed by atoms with E-state index in [0.29, 0.717) is 13.0 Å². The fraction of sp³-hybridized carbons (Fsp3) is 0.524. The molecule has 0 atom stereocenters. The largest absolute Gasteiger partial charge is 0.481 e. The number of nitrogens with zero attached hydrogens (tertiary/aromatic N) is 2. The van der Waals surface area contributed by atoms with Crippen molar-refractivity contribution in [3.8, 4) is 18.1 Å². The Bertz CT molecular complexity index is 655. The van der Waals surface area contributed by atoms with Crippen molar-refractivity contribution in [2.75, 3.05) is 39.3 Å². The zero-order valence-electron chi connectivity index (χ0n) is 16.6. The van der Waals surface area contributed by atoms with Gasteiger partial charge in [-0.2, -0.15) is 0 Å². The molecule has 1 amide bonds. The van der Waals surface area contributed by atoms with Crippen LogP contribution in [0.4, 0.5) is 0 Å². The van der Waals surface area contributed by atoms with Crippen LogP contribution in [0.1, 0.15) is 31.7 Å². The molecule has 1 aliphatic heterocycles. The van der Waals surface area contributed by atoms with Crippen LogP contribution in [-0.2, 0) is 11.2 Å². The predicted octanol–water partition coefficient (Wildman–Crippen LogP) is 2.43. The van der Waals surface area contributed by atoms with Crippen molar-refractivity contribution in [1.29, 1.82) is 0 Å². The topological polar surface area (TPSA) is 66.0 Å². The van der Waals surface area contributed by atoms with E-state index in [2.05, 4.69) is 28.5 Å². The second-order valence-electron chi connectivity index (χ2n) is 6.41. The highest BCUT2D eigenvalue weighted by Crippen LogP contribution is 2.12. The summed E-state index contributed by atoms with van der Waals surface area (Å²) >= 11 is 0. The molecule has 2 rings (SSSR count). The lowest BCUT2D eigenvalue weighted by Gasteiger charge is -2.15. The number of hydrogen-bond acceptors (Lipinski definition) is 3. The summed E-state index contributed by atoms with van der Waals surface area (Å²) < 4.78 is 5.38. The van der Waals surface area contributed by atoms with E-state index < -0.39 is 0 Å². The van der Waals surface area contributed by atoms with Crippen LogP contribution >= 0.6 is 24.0 Å². The van der Waals surface area contributed by atoms with Crippen molar-refractivity contribution in [2.45, 2.75) is 32.6 Å². The van der Waals surface area contributed by atoms with E-state index in [1.807, 2.05) is 29.2 Å². The van der Waals surface area contributed by atoms with Crippen molar-refractivity contribution in [3.63, 3.8) is 0 Å². The number of rotatable bonds is 10. The summed E-state index contributed by atoms with van der Waals surface area (Å²) in [4.78, 5) is 18.1. The normalized spacial score (nSPS) is 13.6. The average molecular weight is 498 g/mol. The summed E-state index contributed by atoms with van der Waals surface area (Å²) in [6, 6.07) is 7.96. The molecule has 1 saturated heterocycles. The van der Waals surface area contributed by atoms with Crippen LogP contribution < -0.4 is 15.4 Å². The van der Waals surface area contributed by atoms with Crippen LogP contribution in [0.2, 0.25) is 0 Å². The molecule has 1 aromatic rings. The van der Waals surface area contributed by atoms with E-state index >= 15 is 0 Å². The zero-order valence-corrected chi connectivity index (χ0v) is 18.9.